The van der Waals surface area contributed by atoms with Gasteiger partial charge in [0.25, 0.3) is 0 Å². The SMILES string of the molecule is CNC(=O)NC(CCCCNC(C)=O)C(=O)O. The summed E-state index contributed by atoms with van der Waals surface area (Å²) in [6.07, 6.45) is 1.63. The number of unbranched alkanes of at least 4 members (excludes halogenated alkanes) is 1. The lowest BCUT2D eigenvalue weighted by molar-refractivity contribution is -0.139. The zero-order valence-corrected chi connectivity index (χ0v) is 10.1. The minimum absolute atomic E-state index is 0.108. The highest BCUT2D eigenvalue weighted by Crippen LogP contribution is 2.01. The Morgan fingerprint density at radius 3 is 2.35 bits per heavy atom. The Hall–Kier alpha value is -1.79. The summed E-state index contributed by atoms with van der Waals surface area (Å²) in [6.45, 7) is 1.94. The Morgan fingerprint density at radius 2 is 1.88 bits per heavy atom. The highest BCUT2D eigenvalue weighted by Gasteiger charge is 2.18. The van der Waals surface area contributed by atoms with Crippen LogP contribution in [0.25, 0.3) is 0 Å². The number of carbonyl (C=O) groups is 3. The van der Waals surface area contributed by atoms with Crippen molar-refractivity contribution in [1.82, 2.24) is 16.0 Å². The van der Waals surface area contributed by atoms with Gasteiger partial charge in [0.05, 0.1) is 0 Å². The third-order valence-electron chi connectivity index (χ3n) is 2.12. The molecule has 98 valence electrons. The molecule has 3 amide bonds. The highest BCUT2D eigenvalue weighted by atomic mass is 16.4. The van der Waals surface area contributed by atoms with Crippen molar-refractivity contribution in [2.45, 2.75) is 32.2 Å². The van der Waals surface area contributed by atoms with Gasteiger partial charge in [-0.2, -0.15) is 0 Å². The molecule has 0 aliphatic heterocycles. The second kappa shape index (κ2) is 8.37. The van der Waals surface area contributed by atoms with Crippen molar-refractivity contribution in [2.75, 3.05) is 13.6 Å². The number of nitrogens with one attached hydrogen (secondary N) is 3. The molecule has 0 aromatic rings. The molecular weight excluding hydrogens is 226 g/mol. The molecule has 0 heterocycles. The molecule has 0 aromatic heterocycles. The Labute approximate surface area is 100.0 Å². The maximum absolute atomic E-state index is 11.0. The lowest BCUT2D eigenvalue weighted by Gasteiger charge is -2.13. The van der Waals surface area contributed by atoms with Crippen LogP contribution < -0.4 is 16.0 Å². The fourth-order valence-electron chi connectivity index (χ4n) is 1.23. The molecule has 0 saturated carbocycles. The molecule has 0 fully saturated rings. The van der Waals surface area contributed by atoms with Crippen molar-refractivity contribution in [3.05, 3.63) is 0 Å². The van der Waals surface area contributed by atoms with E-state index in [-0.39, 0.29) is 5.91 Å². The van der Waals surface area contributed by atoms with Gasteiger partial charge in [-0.3, -0.25) is 4.79 Å². The molecule has 0 saturated heterocycles. The number of amides is 3. The lowest BCUT2D eigenvalue weighted by Crippen LogP contribution is -2.44. The minimum atomic E-state index is -1.06. The van der Waals surface area contributed by atoms with Gasteiger partial charge in [-0.15, -0.1) is 0 Å². The Bertz CT molecular complexity index is 281. The summed E-state index contributed by atoms with van der Waals surface area (Å²) >= 11 is 0. The molecule has 1 unspecified atom stereocenters. The fourth-order valence-corrected chi connectivity index (χ4v) is 1.23. The van der Waals surface area contributed by atoms with E-state index in [2.05, 4.69) is 16.0 Å². The third-order valence-corrected chi connectivity index (χ3v) is 2.12. The van der Waals surface area contributed by atoms with Gasteiger partial charge in [0.15, 0.2) is 0 Å². The average molecular weight is 245 g/mol. The van der Waals surface area contributed by atoms with E-state index in [0.717, 1.165) is 0 Å². The summed E-state index contributed by atoms with van der Waals surface area (Å²) < 4.78 is 0. The molecule has 0 aromatic carbocycles. The largest absolute Gasteiger partial charge is 0.480 e. The van der Waals surface area contributed by atoms with Crippen LogP contribution in [0.15, 0.2) is 0 Å². The molecule has 0 aliphatic rings. The van der Waals surface area contributed by atoms with Gasteiger partial charge >= 0.3 is 12.0 Å². The first-order valence-corrected chi connectivity index (χ1v) is 5.43. The first-order valence-electron chi connectivity index (χ1n) is 5.43. The van der Waals surface area contributed by atoms with Gasteiger partial charge in [0.2, 0.25) is 5.91 Å². The molecule has 0 spiro atoms. The van der Waals surface area contributed by atoms with E-state index < -0.39 is 18.0 Å². The maximum Gasteiger partial charge on any atom is 0.326 e. The number of carbonyl (C=O) groups excluding carboxylic acids is 2. The van der Waals surface area contributed by atoms with E-state index in [1.165, 1.54) is 14.0 Å². The number of rotatable bonds is 7. The second-order valence-electron chi connectivity index (χ2n) is 3.59. The van der Waals surface area contributed by atoms with Crippen LogP contribution in [0.5, 0.6) is 0 Å². The van der Waals surface area contributed by atoms with E-state index in [0.29, 0.717) is 25.8 Å². The van der Waals surface area contributed by atoms with E-state index in [1.54, 1.807) is 0 Å². The third kappa shape index (κ3) is 8.06. The van der Waals surface area contributed by atoms with Gasteiger partial charge < -0.3 is 21.1 Å². The van der Waals surface area contributed by atoms with Gasteiger partial charge in [-0.05, 0) is 19.3 Å². The predicted octanol–water partition coefficient (Wildman–Crippen LogP) is -0.325. The normalized spacial score (nSPS) is 11.4. The number of aliphatic carboxylic acids is 1. The van der Waals surface area contributed by atoms with Gasteiger partial charge in [0, 0.05) is 20.5 Å². The van der Waals surface area contributed by atoms with Crippen LogP contribution >= 0.6 is 0 Å². The smallest absolute Gasteiger partial charge is 0.326 e. The van der Waals surface area contributed by atoms with Gasteiger partial charge in [0.1, 0.15) is 6.04 Å². The number of hydrogen-bond acceptors (Lipinski definition) is 3. The van der Waals surface area contributed by atoms with Crippen LogP contribution in [-0.4, -0.2) is 42.6 Å². The van der Waals surface area contributed by atoms with Crippen LogP contribution in [0, 0.1) is 0 Å². The summed E-state index contributed by atoms with van der Waals surface area (Å²) in [5, 5.41) is 16.1. The molecule has 0 rings (SSSR count). The topological polar surface area (TPSA) is 108 Å². The Morgan fingerprint density at radius 1 is 1.24 bits per heavy atom. The zero-order valence-electron chi connectivity index (χ0n) is 10.1. The molecule has 4 N–H and O–H groups in total. The van der Waals surface area contributed by atoms with Crippen LogP contribution in [0.2, 0.25) is 0 Å². The summed E-state index contributed by atoms with van der Waals surface area (Å²) in [5.41, 5.74) is 0. The maximum atomic E-state index is 11.0. The summed E-state index contributed by atoms with van der Waals surface area (Å²) in [6, 6.07) is -1.41. The number of urea groups is 1. The first kappa shape index (κ1) is 15.2. The first-order chi connectivity index (χ1) is 7.97. The van der Waals surface area contributed by atoms with Crippen molar-refractivity contribution >= 4 is 17.9 Å². The molecular formula is C10H19N3O4. The average Bonchev–Trinajstić information content (AvgIpc) is 2.26. The number of carboxylic acid groups (broad SMARTS) is 1. The number of hydrogen-bond donors (Lipinski definition) is 4. The van der Waals surface area contributed by atoms with E-state index in [4.69, 9.17) is 5.11 Å². The van der Waals surface area contributed by atoms with Gasteiger partial charge in [-0.25, -0.2) is 9.59 Å². The summed E-state index contributed by atoms with van der Waals surface area (Å²) in [4.78, 5) is 32.3. The zero-order chi connectivity index (χ0) is 13.3. The molecule has 0 bridgehead atoms. The van der Waals surface area contributed by atoms with Crippen LogP contribution in [-0.2, 0) is 9.59 Å². The van der Waals surface area contributed by atoms with Crippen molar-refractivity contribution in [2.24, 2.45) is 0 Å². The Kier molecular flexibility index (Phi) is 7.49. The summed E-state index contributed by atoms with van der Waals surface area (Å²) in [7, 11) is 1.42. The summed E-state index contributed by atoms with van der Waals surface area (Å²) in [5.74, 6) is -1.17. The van der Waals surface area contributed by atoms with E-state index >= 15 is 0 Å². The highest BCUT2D eigenvalue weighted by molar-refractivity contribution is 5.82. The van der Waals surface area contributed by atoms with E-state index in [1.807, 2.05) is 0 Å². The monoisotopic (exact) mass is 245 g/mol. The molecule has 7 nitrogen and oxygen atoms in total. The van der Waals surface area contributed by atoms with E-state index in [9.17, 15) is 14.4 Å². The van der Waals surface area contributed by atoms with Crippen molar-refractivity contribution < 1.29 is 19.5 Å². The second-order valence-corrected chi connectivity index (χ2v) is 3.59. The molecule has 1 atom stereocenters. The van der Waals surface area contributed by atoms with Gasteiger partial charge in [-0.1, -0.05) is 0 Å². The van der Waals surface area contributed by atoms with Crippen LogP contribution in [0.1, 0.15) is 26.2 Å². The molecule has 0 aliphatic carbocycles. The quantitative estimate of drug-likeness (QED) is 0.461. The molecule has 7 heteroatoms. The standard InChI is InChI=1S/C10H19N3O4/c1-7(14)12-6-4-3-5-8(9(15)16)13-10(17)11-2/h8H,3-6H2,1-2H3,(H,12,14)(H,15,16)(H2,11,13,17). The number of carboxylic acids is 1. The van der Waals surface area contributed by atoms with Crippen molar-refractivity contribution in [1.29, 1.82) is 0 Å². The predicted molar refractivity (Wildman–Crippen MR) is 61.5 cm³/mol. The lowest BCUT2D eigenvalue weighted by atomic mass is 10.1. The van der Waals surface area contributed by atoms with Crippen LogP contribution in [0.4, 0.5) is 4.79 Å². The minimum Gasteiger partial charge on any atom is -0.480 e. The molecule has 0 radical (unpaired) electrons. The fraction of sp³-hybridized carbons (Fsp3) is 0.700. The van der Waals surface area contributed by atoms with Crippen molar-refractivity contribution in [3.63, 3.8) is 0 Å². The Balaban J connectivity index is 3.82. The van der Waals surface area contributed by atoms with Crippen molar-refractivity contribution in [3.8, 4) is 0 Å². The van der Waals surface area contributed by atoms with Crippen LogP contribution in [0.3, 0.4) is 0 Å². The molecule has 17 heavy (non-hydrogen) atoms.